The van der Waals surface area contributed by atoms with Crippen molar-refractivity contribution >= 4 is 11.6 Å². The molecule has 2 atom stereocenters. The van der Waals surface area contributed by atoms with E-state index in [-0.39, 0.29) is 0 Å². The Balaban J connectivity index is 1.77. The molecule has 0 amide bonds. The highest BCUT2D eigenvalue weighted by Crippen LogP contribution is 2.40. The molecule has 0 bridgehead atoms. The van der Waals surface area contributed by atoms with Gasteiger partial charge in [0.2, 0.25) is 0 Å². The number of hydrogen-bond acceptors (Lipinski definition) is 2. The molecule has 3 heteroatoms. The van der Waals surface area contributed by atoms with Crippen LogP contribution in [-0.4, -0.2) is 19.2 Å². The van der Waals surface area contributed by atoms with Gasteiger partial charge in [-0.25, -0.2) is 0 Å². The molecule has 2 nitrogen and oxygen atoms in total. The monoisotopic (exact) mass is 265 g/mol. The predicted octanol–water partition coefficient (Wildman–Crippen LogP) is 3.42. The second-order valence-corrected chi connectivity index (χ2v) is 5.94. The Kier molecular flexibility index (Phi) is 3.49. The molecule has 1 N–H and O–H groups in total. The number of rotatable bonds is 4. The van der Waals surface area contributed by atoms with E-state index in [9.17, 15) is 0 Å². The van der Waals surface area contributed by atoms with Crippen molar-refractivity contribution in [1.29, 1.82) is 0 Å². The van der Waals surface area contributed by atoms with Crippen molar-refractivity contribution in [1.82, 2.24) is 5.32 Å². The van der Waals surface area contributed by atoms with Gasteiger partial charge in [-0.2, -0.15) is 0 Å². The summed E-state index contributed by atoms with van der Waals surface area (Å²) < 4.78 is 6.31. The number of ether oxygens (including phenoxy) is 1. The molecule has 2 unspecified atom stereocenters. The van der Waals surface area contributed by atoms with Gasteiger partial charge in [-0.15, -0.1) is 0 Å². The summed E-state index contributed by atoms with van der Waals surface area (Å²) in [7, 11) is 0. The number of halogens is 1. The summed E-state index contributed by atoms with van der Waals surface area (Å²) in [5, 5.41) is 4.24. The summed E-state index contributed by atoms with van der Waals surface area (Å²) in [6, 6.07) is 5.94. The van der Waals surface area contributed by atoms with Gasteiger partial charge in [-0.05, 0) is 50.8 Å². The van der Waals surface area contributed by atoms with Crippen molar-refractivity contribution in [2.75, 3.05) is 13.1 Å². The predicted molar refractivity (Wildman–Crippen MR) is 74.3 cm³/mol. The zero-order chi connectivity index (χ0) is 12.5. The average molecular weight is 266 g/mol. The minimum atomic E-state index is 0.372. The molecule has 18 heavy (non-hydrogen) atoms. The van der Waals surface area contributed by atoms with E-state index in [4.69, 9.17) is 16.3 Å². The van der Waals surface area contributed by atoms with Crippen LogP contribution in [0.4, 0.5) is 0 Å². The van der Waals surface area contributed by atoms with Gasteiger partial charge in [0.15, 0.2) is 0 Å². The highest BCUT2D eigenvalue weighted by Gasteiger charge is 2.39. The summed E-state index contributed by atoms with van der Waals surface area (Å²) in [5.41, 5.74) is 1.07. The van der Waals surface area contributed by atoms with E-state index in [1.165, 1.54) is 19.3 Å². The van der Waals surface area contributed by atoms with Crippen LogP contribution in [0.5, 0.6) is 5.75 Å². The van der Waals surface area contributed by atoms with Gasteiger partial charge < -0.3 is 10.1 Å². The quantitative estimate of drug-likeness (QED) is 0.901. The molecule has 1 aliphatic heterocycles. The van der Waals surface area contributed by atoms with E-state index in [1.807, 2.05) is 25.1 Å². The number of nitrogens with one attached hydrogen (secondary N) is 1. The maximum atomic E-state index is 6.31. The Bertz CT molecular complexity index is 425. The van der Waals surface area contributed by atoms with E-state index in [2.05, 4.69) is 5.32 Å². The van der Waals surface area contributed by atoms with Crippen molar-refractivity contribution < 1.29 is 4.74 Å². The number of benzene rings is 1. The second kappa shape index (κ2) is 5.10. The van der Waals surface area contributed by atoms with E-state index in [0.29, 0.717) is 12.0 Å². The summed E-state index contributed by atoms with van der Waals surface area (Å²) >= 11 is 6.16. The minimum absolute atomic E-state index is 0.372. The van der Waals surface area contributed by atoms with Gasteiger partial charge in [0.1, 0.15) is 11.9 Å². The van der Waals surface area contributed by atoms with E-state index < -0.39 is 0 Å². The first kappa shape index (κ1) is 12.3. The highest BCUT2D eigenvalue weighted by molar-refractivity contribution is 6.31. The van der Waals surface area contributed by atoms with E-state index in [0.717, 1.165) is 35.3 Å². The van der Waals surface area contributed by atoms with Crippen LogP contribution in [0.3, 0.4) is 0 Å². The summed E-state index contributed by atoms with van der Waals surface area (Å²) in [6.45, 7) is 4.26. The molecular weight excluding hydrogens is 246 g/mol. The van der Waals surface area contributed by atoms with Crippen molar-refractivity contribution in [2.45, 2.75) is 32.3 Å². The first-order valence-electron chi connectivity index (χ1n) is 6.88. The van der Waals surface area contributed by atoms with Crippen LogP contribution in [0.15, 0.2) is 18.2 Å². The molecule has 1 aliphatic carbocycles. The van der Waals surface area contributed by atoms with Crippen LogP contribution >= 0.6 is 11.6 Å². The molecule has 3 rings (SSSR count). The molecule has 1 aromatic rings. The smallest absolute Gasteiger partial charge is 0.124 e. The van der Waals surface area contributed by atoms with E-state index >= 15 is 0 Å². The van der Waals surface area contributed by atoms with E-state index in [1.54, 1.807) is 0 Å². The van der Waals surface area contributed by atoms with Crippen molar-refractivity contribution in [3.05, 3.63) is 28.8 Å². The zero-order valence-electron chi connectivity index (χ0n) is 10.8. The summed E-state index contributed by atoms with van der Waals surface area (Å²) in [5.74, 6) is 2.38. The van der Waals surface area contributed by atoms with Crippen LogP contribution in [-0.2, 0) is 0 Å². The van der Waals surface area contributed by atoms with Crippen LogP contribution in [0.25, 0.3) is 0 Å². The third kappa shape index (κ3) is 2.50. The lowest BCUT2D eigenvalue weighted by atomic mass is 9.97. The van der Waals surface area contributed by atoms with Crippen LogP contribution in [0, 0.1) is 18.8 Å². The average Bonchev–Trinajstić information content (AvgIpc) is 3.06. The molecule has 2 fully saturated rings. The van der Waals surface area contributed by atoms with Crippen molar-refractivity contribution in [2.24, 2.45) is 11.8 Å². The maximum absolute atomic E-state index is 6.31. The largest absolute Gasteiger partial charge is 0.489 e. The Morgan fingerprint density at radius 3 is 2.78 bits per heavy atom. The molecule has 2 aliphatic rings. The van der Waals surface area contributed by atoms with Gasteiger partial charge in [0.25, 0.3) is 0 Å². The van der Waals surface area contributed by atoms with Gasteiger partial charge in [-0.1, -0.05) is 17.7 Å². The van der Waals surface area contributed by atoms with Gasteiger partial charge in [0.05, 0.1) is 0 Å². The fourth-order valence-corrected chi connectivity index (χ4v) is 2.99. The summed E-state index contributed by atoms with van der Waals surface area (Å²) in [6.07, 6.45) is 4.25. The molecule has 0 aromatic heterocycles. The lowest BCUT2D eigenvalue weighted by Gasteiger charge is -2.25. The second-order valence-electron chi connectivity index (χ2n) is 5.54. The fourth-order valence-electron chi connectivity index (χ4n) is 2.82. The van der Waals surface area contributed by atoms with Crippen molar-refractivity contribution in [3.8, 4) is 5.75 Å². The Morgan fingerprint density at radius 1 is 1.28 bits per heavy atom. The minimum Gasteiger partial charge on any atom is -0.489 e. The van der Waals surface area contributed by atoms with Crippen LogP contribution < -0.4 is 10.1 Å². The molecule has 98 valence electrons. The first-order valence-corrected chi connectivity index (χ1v) is 7.26. The SMILES string of the molecule is Cc1c(Cl)cccc1OC(C1CC1)C1CCNC1. The lowest BCUT2D eigenvalue weighted by molar-refractivity contribution is 0.120. The maximum Gasteiger partial charge on any atom is 0.124 e. The first-order chi connectivity index (χ1) is 8.75. The lowest BCUT2D eigenvalue weighted by Crippen LogP contribution is -2.31. The Hall–Kier alpha value is -0.730. The topological polar surface area (TPSA) is 21.3 Å². The third-order valence-electron chi connectivity index (χ3n) is 4.13. The normalized spacial score (nSPS) is 25.1. The van der Waals surface area contributed by atoms with Crippen LogP contribution in [0.2, 0.25) is 5.02 Å². The zero-order valence-corrected chi connectivity index (χ0v) is 11.5. The third-order valence-corrected chi connectivity index (χ3v) is 4.54. The van der Waals surface area contributed by atoms with Gasteiger partial charge in [0, 0.05) is 23.0 Å². The molecule has 0 radical (unpaired) electrons. The molecular formula is C15H20ClNO. The fraction of sp³-hybridized carbons (Fsp3) is 0.600. The standard InChI is InChI=1S/C15H20ClNO/c1-10-13(16)3-2-4-14(10)18-15(11-5-6-11)12-7-8-17-9-12/h2-4,11-12,15,17H,5-9H2,1H3. The van der Waals surface area contributed by atoms with Gasteiger partial charge >= 0.3 is 0 Å². The highest BCUT2D eigenvalue weighted by atomic mass is 35.5. The number of hydrogen-bond donors (Lipinski definition) is 1. The summed E-state index contributed by atoms with van der Waals surface area (Å²) in [4.78, 5) is 0. The van der Waals surface area contributed by atoms with Gasteiger partial charge in [-0.3, -0.25) is 0 Å². The molecule has 1 heterocycles. The van der Waals surface area contributed by atoms with Crippen molar-refractivity contribution in [3.63, 3.8) is 0 Å². The molecule has 0 spiro atoms. The molecule has 1 saturated carbocycles. The molecule has 1 saturated heterocycles. The molecule has 1 aromatic carbocycles. The Morgan fingerprint density at radius 2 is 2.11 bits per heavy atom. The van der Waals surface area contributed by atoms with Crippen LogP contribution in [0.1, 0.15) is 24.8 Å². The Labute approximate surface area is 114 Å².